The predicted octanol–water partition coefficient (Wildman–Crippen LogP) is 3.29. The van der Waals surface area contributed by atoms with Crippen LogP contribution in [0.4, 0.5) is 0 Å². The highest BCUT2D eigenvalue weighted by Crippen LogP contribution is 2.77. The van der Waals surface area contributed by atoms with Crippen molar-refractivity contribution in [3.05, 3.63) is 23.3 Å². The van der Waals surface area contributed by atoms with Crippen LogP contribution >= 0.6 is 0 Å². The van der Waals surface area contributed by atoms with Crippen LogP contribution in [-0.2, 0) is 16.6 Å². The number of benzene rings is 1. The van der Waals surface area contributed by atoms with Crippen LogP contribution in [0.1, 0.15) is 64.5 Å². The quantitative estimate of drug-likeness (QED) is 0.694. The Hall–Kier alpha value is -1.30. The van der Waals surface area contributed by atoms with Gasteiger partial charge in [-0.05, 0) is 62.6 Å². The van der Waals surface area contributed by atoms with Crippen LogP contribution in [-0.4, -0.2) is 47.2 Å². The number of phenolic OH excluding ortho intramolecular Hbond substituents is 1. The highest BCUT2D eigenvalue weighted by molar-refractivity contribution is 5.63. The molecule has 2 spiro atoms. The maximum atomic E-state index is 12.0. The number of aromatic hydroxyl groups is 1. The molecular weight excluding hydrogens is 378 g/mol. The normalized spacial score (nSPS) is 44.9. The third-order valence-corrected chi connectivity index (χ3v) is 10.4. The minimum absolute atomic E-state index is 0.0160. The van der Waals surface area contributed by atoms with Gasteiger partial charge in [0, 0.05) is 35.5 Å². The van der Waals surface area contributed by atoms with Gasteiger partial charge in [0.25, 0.3) is 0 Å². The van der Waals surface area contributed by atoms with E-state index >= 15 is 0 Å². The van der Waals surface area contributed by atoms with Crippen molar-refractivity contribution in [1.29, 1.82) is 0 Å². The minimum atomic E-state index is -0.910. The summed E-state index contributed by atoms with van der Waals surface area (Å²) in [5.41, 5.74) is 0.658. The molecule has 1 aromatic rings. The lowest BCUT2D eigenvalue weighted by atomic mass is 9.33. The molecule has 1 aromatic carbocycles. The summed E-state index contributed by atoms with van der Waals surface area (Å²) in [6, 6.07) is 4.26. The van der Waals surface area contributed by atoms with Gasteiger partial charge < -0.3 is 25.0 Å². The first-order valence-electron chi connectivity index (χ1n) is 11.6. The van der Waals surface area contributed by atoms with Crippen LogP contribution in [0.3, 0.4) is 0 Å². The lowest BCUT2D eigenvalue weighted by molar-refractivity contribution is -0.303. The molecule has 0 aromatic heterocycles. The Morgan fingerprint density at radius 2 is 1.93 bits per heavy atom. The molecule has 5 heteroatoms. The van der Waals surface area contributed by atoms with Crippen LogP contribution in [0.2, 0.25) is 0 Å². The van der Waals surface area contributed by atoms with Gasteiger partial charge in [0.15, 0.2) is 11.5 Å². The molecule has 5 nitrogen and oxygen atoms in total. The minimum Gasteiger partial charge on any atom is -0.504 e. The number of phenols is 1. The molecule has 3 saturated carbocycles. The number of hydrogen-bond donors (Lipinski definition) is 3. The van der Waals surface area contributed by atoms with Gasteiger partial charge in [-0.25, -0.2) is 0 Å². The van der Waals surface area contributed by atoms with E-state index in [0.717, 1.165) is 38.6 Å². The van der Waals surface area contributed by atoms with E-state index in [1.54, 1.807) is 13.2 Å². The molecule has 2 heterocycles. The van der Waals surface area contributed by atoms with Crippen molar-refractivity contribution in [2.75, 3.05) is 13.7 Å². The van der Waals surface area contributed by atoms with Gasteiger partial charge in [-0.15, -0.1) is 0 Å². The smallest absolute Gasteiger partial charge is 0.165 e. The van der Waals surface area contributed by atoms with Crippen LogP contribution in [0, 0.1) is 16.7 Å². The molecule has 164 valence electrons. The zero-order chi connectivity index (χ0) is 21.3. The summed E-state index contributed by atoms with van der Waals surface area (Å²) in [4.78, 5) is 0. The Morgan fingerprint density at radius 3 is 2.63 bits per heavy atom. The van der Waals surface area contributed by atoms with Gasteiger partial charge in [0.1, 0.15) is 11.7 Å². The molecule has 4 aliphatic carbocycles. The van der Waals surface area contributed by atoms with Gasteiger partial charge >= 0.3 is 0 Å². The fraction of sp³-hybridized carbons (Fsp3) is 0.760. The Kier molecular flexibility index (Phi) is 3.46. The van der Waals surface area contributed by atoms with E-state index in [9.17, 15) is 10.2 Å². The summed E-state index contributed by atoms with van der Waals surface area (Å²) >= 11 is 0. The summed E-state index contributed by atoms with van der Waals surface area (Å²) in [5.74, 6) is 0.887. The van der Waals surface area contributed by atoms with Gasteiger partial charge in [-0.2, -0.15) is 0 Å². The topological polar surface area (TPSA) is 71.0 Å². The molecule has 7 rings (SSSR count). The van der Waals surface area contributed by atoms with Gasteiger partial charge in [-0.3, -0.25) is 0 Å². The van der Waals surface area contributed by atoms with Crippen molar-refractivity contribution >= 4 is 0 Å². The van der Waals surface area contributed by atoms with Crippen molar-refractivity contribution < 1.29 is 19.7 Å². The average Bonchev–Trinajstić information content (AvgIpc) is 3.05. The van der Waals surface area contributed by atoms with Crippen molar-refractivity contribution in [3.63, 3.8) is 0 Å². The zero-order valence-electron chi connectivity index (χ0n) is 18.8. The second kappa shape index (κ2) is 5.36. The van der Waals surface area contributed by atoms with E-state index in [-0.39, 0.29) is 34.0 Å². The molecular formula is C25H35NO4. The number of methoxy groups -OCH3 is 1. The fourth-order valence-electron chi connectivity index (χ4n) is 8.53. The van der Waals surface area contributed by atoms with Crippen molar-refractivity contribution in [1.82, 2.24) is 5.32 Å². The fourth-order valence-corrected chi connectivity index (χ4v) is 8.53. The molecule has 3 N–H and O–H groups in total. The van der Waals surface area contributed by atoms with Gasteiger partial charge in [0.2, 0.25) is 0 Å². The molecule has 0 amide bonds. The SMILES string of the molecule is CO[C@]12CC[C@@]3(CC1[C@](C)(O)C(C)(C)C)[C@H]1Cc4ccc(O)c5c4[C@@]3(CCN1)[C@@H]2O5. The van der Waals surface area contributed by atoms with E-state index in [0.29, 0.717) is 11.8 Å². The number of fused-ring (bicyclic) bond motifs is 2. The van der Waals surface area contributed by atoms with E-state index < -0.39 is 11.2 Å². The summed E-state index contributed by atoms with van der Waals surface area (Å²) < 4.78 is 13.2. The predicted molar refractivity (Wildman–Crippen MR) is 114 cm³/mol. The first-order chi connectivity index (χ1) is 14.1. The lowest BCUT2D eigenvalue weighted by Gasteiger charge is -2.74. The molecule has 1 unspecified atom stereocenters. The highest BCUT2D eigenvalue weighted by atomic mass is 16.6. The van der Waals surface area contributed by atoms with Crippen LogP contribution in [0.25, 0.3) is 0 Å². The van der Waals surface area contributed by atoms with Crippen LogP contribution < -0.4 is 10.1 Å². The first kappa shape index (κ1) is 19.4. The Bertz CT molecular complexity index is 936. The number of aliphatic hydroxyl groups is 1. The highest BCUT2D eigenvalue weighted by Gasteiger charge is 2.81. The Labute approximate surface area is 179 Å². The summed E-state index contributed by atoms with van der Waals surface area (Å²) in [5, 5.41) is 26.6. The second-order valence-corrected chi connectivity index (χ2v) is 11.8. The van der Waals surface area contributed by atoms with Gasteiger partial charge in [0.05, 0.1) is 5.60 Å². The third kappa shape index (κ3) is 1.77. The van der Waals surface area contributed by atoms with E-state index in [4.69, 9.17) is 9.47 Å². The summed E-state index contributed by atoms with van der Waals surface area (Å²) in [6.07, 6.45) is 4.66. The first-order valence-corrected chi connectivity index (χ1v) is 11.6. The molecule has 4 fully saturated rings. The summed E-state index contributed by atoms with van der Waals surface area (Å²) in [6.45, 7) is 9.33. The molecule has 30 heavy (non-hydrogen) atoms. The maximum absolute atomic E-state index is 12.0. The van der Waals surface area contributed by atoms with Crippen molar-refractivity contribution in [3.8, 4) is 11.5 Å². The van der Waals surface area contributed by atoms with Crippen molar-refractivity contribution in [2.24, 2.45) is 16.7 Å². The van der Waals surface area contributed by atoms with E-state index in [1.165, 1.54) is 11.1 Å². The number of rotatable bonds is 2. The number of nitrogens with one attached hydrogen (secondary N) is 1. The Morgan fingerprint density at radius 1 is 1.17 bits per heavy atom. The van der Waals surface area contributed by atoms with Crippen LogP contribution in [0.15, 0.2) is 12.1 Å². The Balaban J connectivity index is 1.65. The monoisotopic (exact) mass is 413 g/mol. The van der Waals surface area contributed by atoms with Crippen molar-refractivity contribution in [2.45, 2.75) is 88.6 Å². The number of piperidine rings is 1. The summed E-state index contributed by atoms with van der Waals surface area (Å²) in [7, 11) is 1.80. The molecule has 1 saturated heterocycles. The van der Waals surface area contributed by atoms with Crippen LogP contribution in [0.5, 0.6) is 11.5 Å². The molecule has 6 aliphatic rings. The number of hydrogen-bond acceptors (Lipinski definition) is 5. The maximum Gasteiger partial charge on any atom is 0.165 e. The molecule has 7 atom stereocenters. The average molecular weight is 414 g/mol. The third-order valence-electron chi connectivity index (χ3n) is 10.4. The second-order valence-electron chi connectivity index (χ2n) is 11.8. The zero-order valence-corrected chi connectivity index (χ0v) is 18.8. The van der Waals surface area contributed by atoms with E-state index in [2.05, 4.69) is 32.2 Å². The lowest BCUT2D eigenvalue weighted by Crippen LogP contribution is -2.83. The standard InChI is InChI=1S/C25H35NO4/c1-21(2,3)22(4,28)16-13-23-8-9-25(16,29-5)20-24(23)10-11-26-17(23)12-14-6-7-15(27)19(30-20)18(14)24/h6-7,16-17,20,26-28H,8-13H2,1-5H3/t16?,17-,20+,22+,23-,24+,25-/m1/s1. The molecule has 2 aliphatic heterocycles. The molecule has 4 bridgehead atoms. The largest absolute Gasteiger partial charge is 0.504 e. The van der Waals surface area contributed by atoms with E-state index in [1.807, 2.05) is 6.92 Å². The number of ether oxygens (including phenoxy) is 2. The van der Waals surface area contributed by atoms with Gasteiger partial charge in [-0.1, -0.05) is 26.8 Å². The molecule has 0 radical (unpaired) electrons.